The van der Waals surface area contributed by atoms with Crippen molar-refractivity contribution >= 4 is 27.9 Å². The van der Waals surface area contributed by atoms with Gasteiger partial charge in [-0.2, -0.15) is 4.98 Å². The lowest BCUT2D eigenvalue weighted by atomic mass is 10.1. The molecule has 5 aromatic rings. The van der Waals surface area contributed by atoms with Crippen molar-refractivity contribution < 1.29 is 13.9 Å². The van der Waals surface area contributed by atoms with Crippen molar-refractivity contribution in [1.29, 1.82) is 0 Å². The predicted octanol–water partition coefficient (Wildman–Crippen LogP) is 6.04. The smallest absolute Gasteiger partial charge is 0.267 e. The number of nitrogens with zero attached hydrogens (tertiary/aromatic N) is 2. The Bertz CT molecular complexity index is 1340. The van der Waals surface area contributed by atoms with Gasteiger partial charge in [0.25, 0.3) is 5.88 Å². The molecular weight excluding hydrogens is 364 g/mol. The minimum absolute atomic E-state index is 0.00428. The van der Waals surface area contributed by atoms with Gasteiger partial charge in [0.2, 0.25) is 5.58 Å². The first-order valence-corrected chi connectivity index (χ1v) is 9.22. The van der Waals surface area contributed by atoms with Crippen LogP contribution in [-0.2, 0) is 0 Å². The fourth-order valence-electron chi connectivity index (χ4n) is 3.22. The molecule has 0 radical (unpaired) electrons. The molecule has 5 nitrogen and oxygen atoms in total. The molecule has 0 saturated carbocycles. The van der Waals surface area contributed by atoms with Gasteiger partial charge < -0.3 is 9.15 Å². The standard InChI is InChI=1S/C24H16N2O3/c1-15(27)16-11-13-18(14-12-16)28-24-22-21(19-9-5-6-10-20(19)29-22)25-23(26-24)17-7-3-2-4-8-17/h2-14H,1H3. The number of Topliss-reactive ketones (excluding diaryl/α,β-unsaturated/α-hetero) is 1. The van der Waals surface area contributed by atoms with E-state index in [1.54, 1.807) is 24.3 Å². The number of para-hydroxylation sites is 1. The van der Waals surface area contributed by atoms with Crippen molar-refractivity contribution in [2.24, 2.45) is 0 Å². The predicted molar refractivity (Wildman–Crippen MR) is 111 cm³/mol. The van der Waals surface area contributed by atoms with E-state index in [4.69, 9.17) is 14.1 Å². The summed E-state index contributed by atoms with van der Waals surface area (Å²) in [4.78, 5) is 20.9. The Balaban J connectivity index is 1.69. The van der Waals surface area contributed by atoms with Crippen LogP contribution in [0.2, 0.25) is 0 Å². The topological polar surface area (TPSA) is 65.2 Å². The number of carbonyl (C=O) groups excluding carboxylic acids is 1. The van der Waals surface area contributed by atoms with Crippen molar-refractivity contribution in [1.82, 2.24) is 9.97 Å². The Morgan fingerprint density at radius 1 is 0.862 bits per heavy atom. The van der Waals surface area contributed by atoms with Crippen LogP contribution in [-0.4, -0.2) is 15.8 Å². The summed E-state index contributed by atoms with van der Waals surface area (Å²) in [6, 6.07) is 24.4. The van der Waals surface area contributed by atoms with Gasteiger partial charge in [-0.1, -0.05) is 42.5 Å². The molecule has 0 bridgehead atoms. The summed E-state index contributed by atoms with van der Waals surface area (Å²) in [7, 11) is 0. The number of ketones is 1. The van der Waals surface area contributed by atoms with Crippen molar-refractivity contribution in [2.45, 2.75) is 6.92 Å². The lowest BCUT2D eigenvalue weighted by Crippen LogP contribution is -1.96. The van der Waals surface area contributed by atoms with Gasteiger partial charge in [0, 0.05) is 16.5 Å². The molecule has 5 heteroatoms. The first-order chi connectivity index (χ1) is 14.2. The van der Waals surface area contributed by atoms with Gasteiger partial charge in [0.1, 0.15) is 16.8 Å². The third-order valence-corrected chi connectivity index (χ3v) is 4.70. The number of hydrogen-bond donors (Lipinski definition) is 0. The molecule has 0 spiro atoms. The molecule has 0 aliphatic rings. The van der Waals surface area contributed by atoms with E-state index >= 15 is 0 Å². The molecule has 0 fully saturated rings. The monoisotopic (exact) mass is 380 g/mol. The highest BCUT2D eigenvalue weighted by Crippen LogP contribution is 2.36. The fourth-order valence-corrected chi connectivity index (χ4v) is 3.22. The van der Waals surface area contributed by atoms with Gasteiger partial charge in [-0.15, -0.1) is 0 Å². The average molecular weight is 380 g/mol. The van der Waals surface area contributed by atoms with Crippen molar-refractivity contribution in [3.63, 3.8) is 0 Å². The van der Waals surface area contributed by atoms with E-state index in [1.807, 2.05) is 54.6 Å². The molecule has 0 aliphatic heterocycles. The zero-order valence-electron chi connectivity index (χ0n) is 15.6. The molecule has 2 aromatic heterocycles. The Hall–Kier alpha value is -3.99. The van der Waals surface area contributed by atoms with Crippen LogP contribution in [0.5, 0.6) is 11.6 Å². The lowest BCUT2D eigenvalue weighted by Gasteiger charge is -2.08. The maximum Gasteiger partial charge on any atom is 0.267 e. The van der Waals surface area contributed by atoms with Crippen LogP contribution in [0.3, 0.4) is 0 Å². The number of benzene rings is 3. The summed E-state index contributed by atoms with van der Waals surface area (Å²) in [5.74, 6) is 1.46. The van der Waals surface area contributed by atoms with Gasteiger partial charge in [0.15, 0.2) is 11.6 Å². The van der Waals surface area contributed by atoms with E-state index in [0.717, 1.165) is 16.5 Å². The molecule has 0 amide bonds. The second-order valence-electron chi connectivity index (χ2n) is 6.68. The van der Waals surface area contributed by atoms with Crippen LogP contribution in [0.1, 0.15) is 17.3 Å². The van der Waals surface area contributed by atoms with Gasteiger partial charge in [-0.05, 0) is 43.3 Å². The number of hydrogen-bond acceptors (Lipinski definition) is 5. The summed E-state index contributed by atoms with van der Waals surface area (Å²) in [5, 5.41) is 0.902. The van der Waals surface area contributed by atoms with Crippen LogP contribution >= 0.6 is 0 Å². The number of rotatable bonds is 4. The third-order valence-electron chi connectivity index (χ3n) is 4.70. The average Bonchev–Trinajstić information content (AvgIpc) is 3.14. The number of furan rings is 1. The molecule has 140 valence electrons. The Kier molecular flexibility index (Phi) is 4.06. The summed E-state index contributed by atoms with van der Waals surface area (Å²) in [5.41, 5.74) is 3.42. The molecule has 0 unspecified atom stereocenters. The molecule has 2 heterocycles. The molecule has 3 aromatic carbocycles. The second kappa shape index (κ2) is 6.87. The zero-order chi connectivity index (χ0) is 19.8. The molecule has 0 aliphatic carbocycles. The van der Waals surface area contributed by atoms with Crippen LogP contribution in [0.15, 0.2) is 83.3 Å². The summed E-state index contributed by atoms with van der Waals surface area (Å²) in [6.07, 6.45) is 0. The minimum atomic E-state index is 0.00428. The van der Waals surface area contributed by atoms with E-state index in [2.05, 4.69) is 4.98 Å². The van der Waals surface area contributed by atoms with Crippen molar-refractivity contribution in [3.8, 4) is 23.0 Å². The fraction of sp³-hybridized carbons (Fsp3) is 0.0417. The maximum atomic E-state index is 11.5. The van der Waals surface area contributed by atoms with E-state index in [0.29, 0.717) is 34.1 Å². The molecular formula is C24H16N2O3. The van der Waals surface area contributed by atoms with E-state index in [-0.39, 0.29) is 5.78 Å². The Labute approximate surface area is 166 Å². The third kappa shape index (κ3) is 3.12. The van der Waals surface area contributed by atoms with Gasteiger partial charge in [0.05, 0.1) is 0 Å². The Morgan fingerprint density at radius 2 is 1.59 bits per heavy atom. The molecule has 0 atom stereocenters. The minimum Gasteiger partial charge on any atom is -0.449 e. The van der Waals surface area contributed by atoms with Crippen molar-refractivity contribution in [2.75, 3.05) is 0 Å². The molecule has 0 N–H and O–H groups in total. The summed E-state index contributed by atoms with van der Waals surface area (Å²) < 4.78 is 12.1. The largest absolute Gasteiger partial charge is 0.449 e. The molecule has 0 saturated heterocycles. The normalized spacial score (nSPS) is 11.1. The first kappa shape index (κ1) is 17.1. The van der Waals surface area contributed by atoms with E-state index < -0.39 is 0 Å². The zero-order valence-corrected chi connectivity index (χ0v) is 15.6. The second-order valence-corrected chi connectivity index (χ2v) is 6.68. The van der Waals surface area contributed by atoms with Crippen LogP contribution in [0.4, 0.5) is 0 Å². The quantitative estimate of drug-likeness (QED) is 0.356. The highest BCUT2D eigenvalue weighted by atomic mass is 16.5. The lowest BCUT2D eigenvalue weighted by molar-refractivity contribution is 0.101. The first-order valence-electron chi connectivity index (χ1n) is 9.22. The molecule has 5 rings (SSSR count). The van der Waals surface area contributed by atoms with Crippen LogP contribution < -0.4 is 4.74 Å². The van der Waals surface area contributed by atoms with Gasteiger partial charge in [-0.3, -0.25) is 4.79 Å². The highest BCUT2D eigenvalue weighted by molar-refractivity contribution is 6.04. The number of aromatic nitrogens is 2. The number of carbonyl (C=O) groups is 1. The Morgan fingerprint density at radius 3 is 2.34 bits per heavy atom. The molecule has 29 heavy (non-hydrogen) atoms. The van der Waals surface area contributed by atoms with E-state index in [9.17, 15) is 4.79 Å². The summed E-state index contributed by atoms with van der Waals surface area (Å²) in [6.45, 7) is 1.53. The van der Waals surface area contributed by atoms with Crippen molar-refractivity contribution in [3.05, 3.63) is 84.4 Å². The van der Waals surface area contributed by atoms with Gasteiger partial charge in [-0.25, -0.2) is 4.98 Å². The maximum absolute atomic E-state index is 11.5. The van der Waals surface area contributed by atoms with Gasteiger partial charge >= 0.3 is 0 Å². The SMILES string of the molecule is CC(=O)c1ccc(Oc2nc(-c3ccccc3)nc3c2oc2ccccc23)cc1. The van der Waals surface area contributed by atoms with Crippen LogP contribution in [0.25, 0.3) is 33.5 Å². The number of fused-ring (bicyclic) bond motifs is 3. The highest BCUT2D eigenvalue weighted by Gasteiger charge is 2.18. The van der Waals surface area contributed by atoms with E-state index in [1.165, 1.54) is 6.92 Å². The number of ether oxygens (including phenoxy) is 1. The summed E-state index contributed by atoms with van der Waals surface area (Å²) >= 11 is 0. The van der Waals surface area contributed by atoms with Crippen LogP contribution in [0, 0.1) is 0 Å².